The molecule has 166 valence electrons. The first-order valence-electron chi connectivity index (χ1n) is 10.2. The Morgan fingerprint density at radius 1 is 1.06 bits per heavy atom. The molecule has 1 aliphatic rings. The number of anilines is 1. The summed E-state index contributed by atoms with van der Waals surface area (Å²) < 4.78 is 11.2. The smallest absolute Gasteiger partial charge is 0.340 e. The number of fused-ring (bicyclic) bond motifs is 4. The number of hydrogen-bond donors (Lipinski definition) is 2. The molecule has 1 aliphatic heterocycles. The van der Waals surface area contributed by atoms with Crippen LogP contribution in [-0.2, 0) is 9.53 Å². The second-order valence-electron chi connectivity index (χ2n) is 7.49. The molecule has 3 aromatic carbocycles. The fourth-order valence-corrected chi connectivity index (χ4v) is 4.61. The maximum absolute atomic E-state index is 13.0. The van der Waals surface area contributed by atoms with Gasteiger partial charge in [-0.1, -0.05) is 41.4 Å². The molecule has 4 aromatic rings. The van der Waals surface area contributed by atoms with E-state index in [1.54, 1.807) is 31.2 Å². The molecule has 0 radical (unpaired) electrons. The van der Waals surface area contributed by atoms with E-state index in [2.05, 4.69) is 0 Å². The maximum Gasteiger partial charge on any atom is 0.340 e. The zero-order chi connectivity index (χ0) is 23.3. The lowest BCUT2D eigenvalue weighted by atomic mass is 9.81. The summed E-state index contributed by atoms with van der Waals surface area (Å²) in [5.74, 6) is -1.20. The van der Waals surface area contributed by atoms with Crippen molar-refractivity contribution >= 4 is 56.9 Å². The van der Waals surface area contributed by atoms with Crippen LogP contribution in [0.3, 0.4) is 0 Å². The van der Waals surface area contributed by atoms with E-state index < -0.39 is 11.9 Å². The van der Waals surface area contributed by atoms with Gasteiger partial charge in [-0.2, -0.15) is 0 Å². The number of benzene rings is 3. The molecular formula is C24H18Cl2N4O3. The van der Waals surface area contributed by atoms with Crippen LogP contribution in [0.1, 0.15) is 24.0 Å². The van der Waals surface area contributed by atoms with Crippen molar-refractivity contribution < 1.29 is 14.3 Å². The Balaban J connectivity index is 1.89. The average molecular weight is 481 g/mol. The van der Waals surface area contributed by atoms with Crippen LogP contribution in [0.15, 0.2) is 60.0 Å². The van der Waals surface area contributed by atoms with Gasteiger partial charge < -0.3 is 20.9 Å². The molecule has 2 heterocycles. The molecule has 0 saturated heterocycles. The summed E-state index contributed by atoms with van der Waals surface area (Å²) in [4.78, 5) is 22.6. The number of halogens is 2. The highest BCUT2D eigenvalue weighted by Crippen LogP contribution is 2.49. The fourth-order valence-electron chi connectivity index (χ4n) is 4.10. The summed E-state index contributed by atoms with van der Waals surface area (Å²) in [7, 11) is 0. The number of nitrogens with zero attached hydrogens (tertiary/aromatic N) is 2. The number of nitrogens with two attached hydrogens (primary N) is 2. The standard InChI is InChI=1S/C24H18Cl2N4O3/c1-2-32-24(31)20-18(12-8-7-11(25)9-13(12)26)19-21-17(10-14(27)22(19)33-23(20)28)29-15-5-3-4-6-16(15)30-21/h3-10,18H,2,27-28H2,1H3. The van der Waals surface area contributed by atoms with Gasteiger partial charge in [-0.05, 0) is 42.8 Å². The highest BCUT2D eigenvalue weighted by molar-refractivity contribution is 6.35. The van der Waals surface area contributed by atoms with Crippen molar-refractivity contribution in [1.82, 2.24) is 9.97 Å². The second-order valence-corrected chi connectivity index (χ2v) is 8.33. The van der Waals surface area contributed by atoms with Gasteiger partial charge in [0.2, 0.25) is 5.88 Å². The van der Waals surface area contributed by atoms with Crippen molar-refractivity contribution in [2.24, 2.45) is 5.73 Å². The van der Waals surface area contributed by atoms with Crippen molar-refractivity contribution in [2.75, 3.05) is 12.3 Å². The molecule has 0 aliphatic carbocycles. The lowest BCUT2D eigenvalue weighted by molar-refractivity contribution is -0.139. The third-order valence-electron chi connectivity index (χ3n) is 5.48. The molecule has 0 fully saturated rings. The number of esters is 1. The largest absolute Gasteiger partial charge is 0.462 e. The Bertz CT molecular complexity index is 1490. The lowest BCUT2D eigenvalue weighted by Gasteiger charge is -2.30. The average Bonchev–Trinajstić information content (AvgIpc) is 2.78. The third-order valence-corrected chi connectivity index (χ3v) is 6.04. The predicted octanol–water partition coefficient (Wildman–Crippen LogP) is 4.93. The number of hydrogen-bond acceptors (Lipinski definition) is 7. The van der Waals surface area contributed by atoms with Gasteiger partial charge in [0.05, 0.1) is 40.3 Å². The minimum atomic E-state index is -0.765. The Kier molecular flexibility index (Phi) is 5.23. The molecule has 1 aromatic heterocycles. The summed E-state index contributed by atoms with van der Waals surface area (Å²) in [6.45, 7) is 1.87. The number of ether oxygens (including phenoxy) is 2. The normalized spacial score (nSPS) is 15.4. The first-order valence-corrected chi connectivity index (χ1v) is 10.9. The number of nitrogen functional groups attached to an aromatic ring is 1. The van der Waals surface area contributed by atoms with Crippen LogP contribution < -0.4 is 16.2 Å². The van der Waals surface area contributed by atoms with E-state index in [0.29, 0.717) is 54.7 Å². The number of rotatable bonds is 3. The van der Waals surface area contributed by atoms with Crippen LogP contribution in [0, 0.1) is 0 Å². The summed E-state index contributed by atoms with van der Waals surface area (Å²) in [5.41, 5.74) is 16.6. The molecular weight excluding hydrogens is 463 g/mol. The van der Waals surface area contributed by atoms with E-state index >= 15 is 0 Å². The zero-order valence-electron chi connectivity index (χ0n) is 17.4. The second kappa shape index (κ2) is 8.10. The van der Waals surface area contributed by atoms with Crippen molar-refractivity contribution in [3.05, 3.63) is 81.2 Å². The minimum Gasteiger partial charge on any atom is -0.462 e. The summed E-state index contributed by atoms with van der Waals surface area (Å²) in [6.07, 6.45) is 0. The number of para-hydroxylation sites is 2. The van der Waals surface area contributed by atoms with Crippen molar-refractivity contribution in [3.8, 4) is 5.75 Å². The highest BCUT2D eigenvalue weighted by Gasteiger charge is 2.39. The summed E-state index contributed by atoms with van der Waals surface area (Å²) in [5, 5.41) is 0.799. The third kappa shape index (κ3) is 3.50. The topological polar surface area (TPSA) is 113 Å². The zero-order valence-corrected chi connectivity index (χ0v) is 18.9. The van der Waals surface area contributed by atoms with Gasteiger partial charge in [0.25, 0.3) is 0 Å². The van der Waals surface area contributed by atoms with E-state index in [1.807, 2.05) is 24.3 Å². The van der Waals surface area contributed by atoms with E-state index in [1.165, 1.54) is 0 Å². The molecule has 0 spiro atoms. The van der Waals surface area contributed by atoms with Crippen LogP contribution in [0.4, 0.5) is 5.69 Å². The first kappa shape index (κ1) is 21.3. The number of carbonyl (C=O) groups is 1. The monoisotopic (exact) mass is 480 g/mol. The minimum absolute atomic E-state index is 0.107. The molecule has 5 rings (SSSR count). The maximum atomic E-state index is 13.0. The van der Waals surface area contributed by atoms with Crippen molar-refractivity contribution in [2.45, 2.75) is 12.8 Å². The Morgan fingerprint density at radius 3 is 2.48 bits per heavy atom. The highest BCUT2D eigenvalue weighted by atomic mass is 35.5. The van der Waals surface area contributed by atoms with Crippen LogP contribution in [-0.4, -0.2) is 22.5 Å². The summed E-state index contributed by atoms with van der Waals surface area (Å²) >= 11 is 12.7. The summed E-state index contributed by atoms with van der Waals surface area (Å²) in [6, 6.07) is 14.2. The molecule has 7 nitrogen and oxygen atoms in total. The van der Waals surface area contributed by atoms with E-state index in [0.717, 1.165) is 0 Å². The van der Waals surface area contributed by atoms with Crippen LogP contribution in [0.25, 0.3) is 22.1 Å². The molecule has 9 heteroatoms. The van der Waals surface area contributed by atoms with Gasteiger partial charge in [0.15, 0.2) is 5.75 Å². The molecule has 33 heavy (non-hydrogen) atoms. The van der Waals surface area contributed by atoms with Crippen LogP contribution >= 0.6 is 23.2 Å². The Hall–Kier alpha value is -3.55. The van der Waals surface area contributed by atoms with Gasteiger partial charge >= 0.3 is 5.97 Å². The molecule has 1 atom stereocenters. The van der Waals surface area contributed by atoms with Gasteiger partial charge in [0, 0.05) is 15.6 Å². The van der Waals surface area contributed by atoms with E-state index in [9.17, 15) is 4.79 Å². The lowest BCUT2D eigenvalue weighted by Crippen LogP contribution is -2.28. The van der Waals surface area contributed by atoms with Crippen molar-refractivity contribution in [1.29, 1.82) is 0 Å². The van der Waals surface area contributed by atoms with Gasteiger partial charge in [0.1, 0.15) is 5.57 Å². The Morgan fingerprint density at radius 2 is 1.79 bits per heavy atom. The molecule has 0 amide bonds. The van der Waals surface area contributed by atoms with Crippen LogP contribution in [0.5, 0.6) is 5.75 Å². The fraction of sp³-hybridized carbons (Fsp3) is 0.125. The van der Waals surface area contributed by atoms with Crippen molar-refractivity contribution in [3.63, 3.8) is 0 Å². The predicted molar refractivity (Wildman–Crippen MR) is 128 cm³/mol. The number of carbonyl (C=O) groups excluding carboxylic acids is 1. The number of aromatic nitrogens is 2. The Labute approximate surface area is 198 Å². The first-order chi connectivity index (χ1) is 15.9. The van der Waals surface area contributed by atoms with Gasteiger partial charge in [-0.3, -0.25) is 0 Å². The quantitative estimate of drug-likeness (QED) is 0.242. The molecule has 4 N–H and O–H groups in total. The van der Waals surface area contributed by atoms with E-state index in [-0.39, 0.29) is 18.1 Å². The molecule has 0 bridgehead atoms. The van der Waals surface area contributed by atoms with Gasteiger partial charge in [-0.15, -0.1) is 0 Å². The van der Waals surface area contributed by atoms with Crippen LogP contribution in [0.2, 0.25) is 10.0 Å². The molecule has 1 unspecified atom stereocenters. The van der Waals surface area contributed by atoms with E-state index in [4.69, 9.17) is 54.1 Å². The molecule has 0 saturated carbocycles. The van der Waals surface area contributed by atoms with Gasteiger partial charge in [-0.25, -0.2) is 14.8 Å². The SMILES string of the molecule is CCOC(=O)C1=C(N)Oc2c(N)cc3nc4ccccc4nc3c2C1c1ccc(Cl)cc1Cl.